The molecule has 2 N–H and O–H groups in total. The van der Waals surface area contributed by atoms with Gasteiger partial charge in [-0.05, 0) is 62.4 Å². The summed E-state index contributed by atoms with van der Waals surface area (Å²) in [5.41, 5.74) is 3.71. The monoisotopic (exact) mass is 527 g/mol. The highest BCUT2D eigenvalue weighted by Crippen LogP contribution is 2.55. The van der Waals surface area contributed by atoms with Crippen LogP contribution in [0.4, 0.5) is 5.69 Å². The molecule has 4 aliphatic rings. The minimum absolute atomic E-state index is 0.101. The van der Waals surface area contributed by atoms with Gasteiger partial charge in [0.2, 0.25) is 17.7 Å². The molecule has 7 heteroatoms. The fourth-order valence-corrected chi connectivity index (χ4v) is 7.13. The van der Waals surface area contributed by atoms with Gasteiger partial charge >= 0.3 is 0 Å². The highest BCUT2D eigenvalue weighted by Gasteiger charge is 2.72. The number of carbonyl (C=O) groups excluding carboxylic acids is 3. The summed E-state index contributed by atoms with van der Waals surface area (Å²) in [5.74, 6) is -2.11. The van der Waals surface area contributed by atoms with Crippen LogP contribution in [0.5, 0.6) is 0 Å². The molecule has 2 bridgehead atoms. The number of nitrogens with one attached hydrogen (secondary N) is 2. The van der Waals surface area contributed by atoms with E-state index in [1.807, 2.05) is 75.4 Å². The number of fused-ring (bicyclic) bond motifs is 1. The lowest BCUT2D eigenvalue weighted by molar-refractivity contribution is -0.142. The highest BCUT2D eigenvalue weighted by atomic mass is 16.5. The minimum atomic E-state index is -1.16. The summed E-state index contributed by atoms with van der Waals surface area (Å²) in [5, 5.41) is 6.28. The van der Waals surface area contributed by atoms with Gasteiger partial charge in [0.25, 0.3) is 0 Å². The van der Waals surface area contributed by atoms with E-state index >= 15 is 0 Å². The molecule has 39 heavy (non-hydrogen) atoms. The van der Waals surface area contributed by atoms with Crippen molar-refractivity contribution >= 4 is 23.4 Å². The van der Waals surface area contributed by atoms with Gasteiger partial charge in [0.1, 0.15) is 11.6 Å². The molecule has 204 valence electrons. The van der Waals surface area contributed by atoms with Gasteiger partial charge in [0, 0.05) is 18.3 Å². The molecule has 7 nitrogen and oxygen atoms in total. The molecule has 0 aromatic heterocycles. The van der Waals surface area contributed by atoms with Crippen molar-refractivity contribution in [2.75, 3.05) is 5.32 Å². The van der Waals surface area contributed by atoms with Crippen LogP contribution in [-0.2, 0) is 25.7 Å². The smallest absolute Gasteiger partial charge is 0.246 e. The lowest BCUT2D eigenvalue weighted by atomic mass is 9.74. The van der Waals surface area contributed by atoms with Gasteiger partial charge in [-0.1, -0.05) is 67.3 Å². The SMILES string of the molecule is Cc1ccc(CN2C(=O)[C@@H]3[C@H](C(=O)Nc4cc(C)cc(C)c4)[C@@H]4C=C[C@@]3(O4)[C@H]2C(=O)NC2CCCCC2)cc1. The molecule has 3 heterocycles. The molecule has 0 unspecified atom stereocenters. The Kier molecular flexibility index (Phi) is 6.58. The number of aryl methyl sites for hydroxylation is 3. The third-order valence-corrected chi connectivity index (χ3v) is 8.84. The molecular formula is C32H37N3O4. The molecule has 1 aliphatic carbocycles. The zero-order valence-electron chi connectivity index (χ0n) is 22.9. The van der Waals surface area contributed by atoms with Crippen LogP contribution >= 0.6 is 0 Å². The fraction of sp³-hybridized carbons (Fsp3) is 0.469. The van der Waals surface area contributed by atoms with Crippen LogP contribution in [0.25, 0.3) is 0 Å². The average Bonchev–Trinajstić information content (AvgIpc) is 3.53. The zero-order chi connectivity index (χ0) is 27.3. The molecule has 3 fully saturated rings. The molecule has 3 aliphatic heterocycles. The Morgan fingerprint density at radius 1 is 0.949 bits per heavy atom. The van der Waals surface area contributed by atoms with E-state index in [4.69, 9.17) is 4.74 Å². The number of nitrogens with zero attached hydrogens (tertiary/aromatic N) is 1. The summed E-state index contributed by atoms with van der Waals surface area (Å²) in [4.78, 5) is 43.5. The molecule has 1 saturated carbocycles. The summed E-state index contributed by atoms with van der Waals surface area (Å²) < 4.78 is 6.49. The Balaban J connectivity index is 1.32. The minimum Gasteiger partial charge on any atom is -0.359 e. The zero-order valence-corrected chi connectivity index (χ0v) is 22.9. The summed E-state index contributed by atoms with van der Waals surface area (Å²) >= 11 is 0. The van der Waals surface area contributed by atoms with Crippen LogP contribution in [0.1, 0.15) is 54.4 Å². The Bertz CT molecular complexity index is 1310. The van der Waals surface area contributed by atoms with Crippen LogP contribution < -0.4 is 10.6 Å². The van der Waals surface area contributed by atoms with E-state index in [1.54, 1.807) is 4.90 Å². The van der Waals surface area contributed by atoms with Gasteiger partial charge in [0.15, 0.2) is 0 Å². The lowest BCUT2D eigenvalue weighted by Gasteiger charge is -2.34. The van der Waals surface area contributed by atoms with Gasteiger partial charge in [-0.25, -0.2) is 0 Å². The van der Waals surface area contributed by atoms with Crippen LogP contribution in [0, 0.1) is 32.6 Å². The van der Waals surface area contributed by atoms with Gasteiger partial charge in [-0.3, -0.25) is 14.4 Å². The van der Waals surface area contributed by atoms with Crippen molar-refractivity contribution in [2.45, 2.75) is 83.2 Å². The van der Waals surface area contributed by atoms with Crippen LogP contribution in [0.3, 0.4) is 0 Å². The molecule has 5 atom stereocenters. The highest BCUT2D eigenvalue weighted by molar-refractivity contribution is 6.02. The van der Waals surface area contributed by atoms with Crippen molar-refractivity contribution in [3.05, 3.63) is 76.9 Å². The van der Waals surface area contributed by atoms with E-state index in [9.17, 15) is 14.4 Å². The summed E-state index contributed by atoms with van der Waals surface area (Å²) in [6.45, 7) is 6.28. The van der Waals surface area contributed by atoms with Crippen molar-refractivity contribution in [1.82, 2.24) is 10.2 Å². The molecule has 2 saturated heterocycles. The number of benzene rings is 2. The second kappa shape index (κ2) is 9.94. The maximum Gasteiger partial charge on any atom is 0.246 e. The van der Waals surface area contributed by atoms with Crippen molar-refractivity contribution < 1.29 is 19.1 Å². The molecule has 2 aromatic carbocycles. The number of likely N-dealkylation sites (tertiary alicyclic amines) is 1. The lowest BCUT2D eigenvalue weighted by Crippen LogP contribution is -2.56. The maximum absolute atomic E-state index is 14.2. The molecular weight excluding hydrogens is 490 g/mol. The molecule has 3 amide bonds. The third-order valence-electron chi connectivity index (χ3n) is 8.84. The van der Waals surface area contributed by atoms with Gasteiger partial charge in [0.05, 0.1) is 17.9 Å². The first-order chi connectivity index (χ1) is 18.7. The van der Waals surface area contributed by atoms with Gasteiger partial charge < -0.3 is 20.3 Å². The largest absolute Gasteiger partial charge is 0.359 e. The molecule has 0 radical (unpaired) electrons. The number of ether oxygens (including phenoxy) is 1. The van der Waals surface area contributed by atoms with E-state index in [2.05, 4.69) is 10.6 Å². The van der Waals surface area contributed by atoms with Crippen molar-refractivity contribution in [3.8, 4) is 0 Å². The first kappa shape index (κ1) is 25.8. The van der Waals surface area contributed by atoms with E-state index in [1.165, 1.54) is 6.42 Å². The average molecular weight is 528 g/mol. The summed E-state index contributed by atoms with van der Waals surface area (Å²) in [6, 6.07) is 13.2. The first-order valence-electron chi connectivity index (χ1n) is 14.2. The van der Waals surface area contributed by atoms with Crippen LogP contribution in [-0.4, -0.2) is 46.4 Å². The standard InChI is InChI=1S/C32H37N3O4/c1-19-9-11-22(12-10-19)18-35-28(30(37)33-23-7-5-4-6-8-23)32-14-13-25(39-32)26(27(32)31(35)38)29(36)34-24-16-20(2)15-21(3)17-24/h9-17,23,25-28H,4-8,18H2,1-3H3,(H,33,37)(H,34,36)/t25-,26+,27-,28+,32-/m0/s1. The summed E-state index contributed by atoms with van der Waals surface area (Å²) in [7, 11) is 0. The normalized spacial score (nSPS) is 29.5. The number of amides is 3. The van der Waals surface area contributed by atoms with Crippen LogP contribution in [0.15, 0.2) is 54.6 Å². The molecule has 2 aromatic rings. The number of anilines is 1. The van der Waals surface area contributed by atoms with E-state index in [0.717, 1.165) is 47.9 Å². The predicted octanol–water partition coefficient (Wildman–Crippen LogP) is 4.35. The van der Waals surface area contributed by atoms with E-state index in [-0.39, 0.29) is 30.3 Å². The van der Waals surface area contributed by atoms with E-state index in [0.29, 0.717) is 5.69 Å². The van der Waals surface area contributed by atoms with Crippen molar-refractivity contribution in [3.63, 3.8) is 0 Å². The number of hydrogen-bond donors (Lipinski definition) is 2. The number of carbonyl (C=O) groups is 3. The third kappa shape index (κ3) is 4.56. The number of hydrogen-bond acceptors (Lipinski definition) is 4. The van der Waals surface area contributed by atoms with Crippen LogP contribution in [0.2, 0.25) is 0 Å². The Morgan fingerprint density at radius 2 is 1.64 bits per heavy atom. The number of rotatable bonds is 6. The van der Waals surface area contributed by atoms with Crippen molar-refractivity contribution in [2.24, 2.45) is 11.8 Å². The Morgan fingerprint density at radius 3 is 2.33 bits per heavy atom. The topological polar surface area (TPSA) is 87.7 Å². The Hall–Kier alpha value is -3.45. The Labute approximate surface area is 230 Å². The molecule has 6 rings (SSSR count). The second-order valence-corrected chi connectivity index (χ2v) is 11.9. The van der Waals surface area contributed by atoms with Gasteiger partial charge in [-0.2, -0.15) is 0 Å². The molecule has 1 spiro atoms. The van der Waals surface area contributed by atoms with Crippen molar-refractivity contribution in [1.29, 1.82) is 0 Å². The fourth-order valence-electron chi connectivity index (χ4n) is 7.13. The second-order valence-electron chi connectivity index (χ2n) is 11.9. The summed E-state index contributed by atoms with van der Waals surface area (Å²) in [6.07, 6.45) is 8.46. The quantitative estimate of drug-likeness (QED) is 0.547. The van der Waals surface area contributed by atoms with E-state index < -0.39 is 29.6 Å². The van der Waals surface area contributed by atoms with Gasteiger partial charge in [-0.15, -0.1) is 0 Å². The first-order valence-corrected chi connectivity index (χ1v) is 14.2. The maximum atomic E-state index is 14.2. The predicted molar refractivity (Wildman–Crippen MR) is 149 cm³/mol.